The van der Waals surface area contributed by atoms with Crippen LogP contribution >= 0.6 is 0 Å². The molecule has 2 aliphatic heterocycles. The quantitative estimate of drug-likeness (QED) is 0.625. The zero-order valence-corrected chi connectivity index (χ0v) is 15.8. The Morgan fingerprint density at radius 1 is 1.29 bits per heavy atom. The van der Waals surface area contributed by atoms with Crippen molar-refractivity contribution in [3.63, 3.8) is 0 Å². The number of carbonyl (C=O) groups excluding carboxylic acids is 1. The zero-order chi connectivity index (χ0) is 19.1. The highest BCUT2D eigenvalue weighted by Gasteiger charge is 2.30. The molecule has 28 heavy (non-hydrogen) atoms. The summed E-state index contributed by atoms with van der Waals surface area (Å²) in [7, 11) is 1.97. The van der Waals surface area contributed by atoms with Crippen LogP contribution in [-0.2, 0) is 18.3 Å². The lowest BCUT2D eigenvalue weighted by atomic mass is 10.0. The Bertz CT molecular complexity index is 1040. The Kier molecular flexibility index (Phi) is 4.24. The van der Waals surface area contributed by atoms with Gasteiger partial charge in [-0.05, 0) is 25.0 Å². The maximum absolute atomic E-state index is 12.4. The van der Waals surface area contributed by atoms with Crippen LogP contribution in [-0.4, -0.2) is 45.9 Å². The van der Waals surface area contributed by atoms with Gasteiger partial charge in [0.2, 0.25) is 5.91 Å². The van der Waals surface area contributed by atoms with Crippen LogP contribution in [0, 0.1) is 0 Å². The molecule has 2 aromatic heterocycles. The standard InChI is InChI=1S/C21H23N5O2/c1-26-19-6-3-8-23-21(27)18-11-14(12-24-18)28-13-7-9-22-17(10-13)15-4-2-5-16(25-26)20(15)19/h2,4-5,7,9-10,14,18,24H,3,6,8,11-12H2,1H3,(H,23,27). The van der Waals surface area contributed by atoms with Gasteiger partial charge in [-0.3, -0.25) is 14.5 Å². The number of aryl methyl sites for hydroxylation is 2. The molecule has 1 saturated heterocycles. The molecule has 4 heterocycles. The Hall–Kier alpha value is -2.93. The molecule has 2 atom stereocenters. The third-order valence-electron chi connectivity index (χ3n) is 5.59. The predicted molar refractivity (Wildman–Crippen MR) is 106 cm³/mol. The predicted octanol–water partition coefficient (Wildman–Crippen LogP) is 1.81. The lowest BCUT2D eigenvalue weighted by Gasteiger charge is -2.14. The van der Waals surface area contributed by atoms with Crippen LogP contribution in [0.2, 0.25) is 0 Å². The minimum absolute atomic E-state index is 0.0270. The molecule has 1 aromatic carbocycles. The summed E-state index contributed by atoms with van der Waals surface area (Å²) in [4.78, 5) is 17.0. The fourth-order valence-corrected chi connectivity index (χ4v) is 4.22. The first-order valence-electron chi connectivity index (χ1n) is 9.78. The maximum atomic E-state index is 12.4. The number of carbonyl (C=O) groups is 1. The highest BCUT2D eigenvalue weighted by atomic mass is 16.5. The number of fused-ring (bicyclic) bond motifs is 5. The van der Waals surface area contributed by atoms with Gasteiger partial charge in [0.15, 0.2) is 0 Å². The van der Waals surface area contributed by atoms with E-state index in [2.05, 4.69) is 26.8 Å². The van der Waals surface area contributed by atoms with Gasteiger partial charge < -0.3 is 15.4 Å². The van der Waals surface area contributed by atoms with Gasteiger partial charge in [-0.15, -0.1) is 0 Å². The summed E-state index contributed by atoms with van der Waals surface area (Å²) in [6.07, 6.45) is 4.12. The van der Waals surface area contributed by atoms with Gasteiger partial charge >= 0.3 is 0 Å². The number of nitrogens with one attached hydrogen (secondary N) is 2. The summed E-state index contributed by atoms with van der Waals surface area (Å²) >= 11 is 0. The molecule has 3 aromatic rings. The molecule has 0 aliphatic carbocycles. The number of pyridine rings is 1. The number of hydrogen-bond donors (Lipinski definition) is 2. The fourth-order valence-electron chi connectivity index (χ4n) is 4.22. The molecule has 7 heteroatoms. The van der Waals surface area contributed by atoms with Crippen molar-refractivity contribution < 1.29 is 9.53 Å². The SMILES string of the molecule is Cn1nc2cccc3c2c1CCCNC(=O)C1CC(CN1)Oc1ccnc-3c1. The van der Waals surface area contributed by atoms with E-state index in [1.54, 1.807) is 6.20 Å². The van der Waals surface area contributed by atoms with E-state index in [9.17, 15) is 4.79 Å². The summed E-state index contributed by atoms with van der Waals surface area (Å²) in [5.41, 5.74) is 4.05. The van der Waals surface area contributed by atoms with Crippen LogP contribution in [0.1, 0.15) is 18.5 Å². The summed E-state index contributed by atoms with van der Waals surface area (Å²) in [5.74, 6) is 0.821. The molecule has 0 saturated carbocycles. The van der Waals surface area contributed by atoms with Crippen molar-refractivity contribution in [2.24, 2.45) is 7.05 Å². The monoisotopic (exact) mass is 377 g/mol. The zero-order valence-electron chi connectivity index (χ0n) is 15.8. The first-order chi connectivity index (χ1) is 13.7. The van der Waals surface area contributed by atoms with Crippen LogP contribution in [0.3, 0.4) is 0 Å². The van der Waals surface area contributed by atoms with Crippen molar-refractivity contribution in [1.29, 1.82) is 0 Å². The van der Waals surface area contributed by atoms with Gasteiger partial charge in [-0.25, -0.2) is 0 Å². The molecule has 2 N–H and O–H groups in total. The van der Waals surface area contributed by atoms with Gasteiger partial charge in [0.25, 0.3) is 0 Å². The Morgan fingerprint density at radius 2 is 2.21 bits per heavy atom. The van der Waals surface area contributed by atoms with Gasteiger partial charge in [0.1, 0.15) is 11.9 Å². The van der Waals surface area contributed by atoms with Gasteiger partial charge in [-0.1, -0.05) is 12.1 Å². The topological polar surface area (TPSA) is 81.1 Å². The van der Waals surface area contributed by atoms with Gasteiger partial charge in [0.05, 0.1) is 17.3 Å². The normalized spacial score (nSPS) is 22.2. The van der Waals surface area contributed by atoms with Crippen molar-refractivity contribution in [2.45, 2.75) is 31.4 Å². The maximum Gasteiger partial charge on any atom is 0.237 e. The largest absolute Gasteiger partial charge is 0.489 e. The molecular formula is C21H23N5O2. The van der Waals surface area contributed by atoms with E-state index in [1.807, 2.05) is 36.0 Å². The van der Waals surface area contributed by atoms with E-state index in [0.717, 1.165) is 46.4 Å². The fraction of sp³-hybridized carbons (Fsp3) is 0.381. The number of hydrogen-bond acceptors (Lipinski definition) is 5. The number of aromatic nitrogens is 3. The third-order valence-corrected chi connectivity index (χ3v) is 5.59. The summed E-state index contributed by atoms with van der Waals surface area (Å²) < 4.78 is 8.10. The van der Waals surface area contributed by atoms with Crippen molar-refractivity contribution in [1.82, 2.24) is 25.4 Å². The number of nitrogens with zero attached hydrogens (tertiary/aromatic N) is 3. The minimum atomic E-state index is -0.197. The second-order valence-electron chi connectivity index (χ2n) is 7.48. The van der Waals surface area contributed by atoms with E-state index >= 15 is 0 Å². The van der Waals surface area contributed by atoms with Crippen LogP contribution in [0.15, 0.2) is 36.5 Å². The molecule has 4 bridgehead atoms. The Labute approximate surface area is 163 Å². The lowest BCUT2D eigenvalue weighted by Crippen LogP contribution is -2.40. The molecule has 1 fully saturated rings. The molecule has 2 unspecified atom stereocenters. The summed E-state index contributed by atoms with van der Waals surface area (Å²) in [5, 5.41) is 12.1. The Balaban J connectivity index is 1.62. The molecule has 0 radical (unpaired) electrons. The molecule has 5 rings (SSSR count). The molecule has 144 valence electrons. The van der Waals surface area contributed by atoms with E-state index in [1.165, 1.54) is 0 Å². The second-order valence-corrected chi connectivity index (χ2v) is 7.48. The minimum Gasteiger partial charge on any atom is -0.489 e. The van der Waals surface area contributed by atoms with Crippen molar-refractivity contribution >= 4 is 16.8 Å². The first-order valence-corrected chi connectivity index (χ1v) is 9.78. The molecule has 2 aliphatic rings. The van der Waals surface area contributed by atoms with Gasteiger partial charge in [0, 0.05) is 55.5 Å². The van der Waals surface area contributed by atoms with Gasteiger partial charge in [-0.2, -0.15) is 5.10 Å². The van der Waals surface area contributed by atoms with E-state index in [0.29, 0.717) is 19.5 Å². The summed E-state index contributed by atoms with van der Waals surface area (Å²) in [6, 6.07) is 9.80. The van der Waals surface area contributed by atoms with Crippen molar-refractivity contribution in [3.05, 3.63) is 42.2 Å². The second kappa shape index (κ2) is 6.91. The molecule has 0 spiro atoms. The van der Waals surface area contributed by atoms with Crippen LogP contribution < -0.4 is 15.4 Å². The van der Waals surface area contributed by atoms with Crippen molar-refractivity contribution in [3.8, 4) is 17.0 Å². The number of amides is 1. The molecule has 1 amide bonds. The number of ether oxygens (including phenoxy) is 1. The lowest BCUT2D eigenvalue weighted by molar-refractivity contribution is -0.122. The number of benzene rings is 1. The van der Waals surface area contributed by atoms with Crippen LogP contribution in [0.5, 0.6) is 5.75 Å². The Morgan fingerprint density at radius 3 is 3.14 bits per heavy atom. The highest BCUT2D eigenvalue weighted by Crippen LogP contribution is 2.32. The number of rotatable bonds is 0. The smallest absolute Gasteiger partial charge is 0.237 e. The van der Waals surface area contributed by atoms with Crippen molar-refractivity contribution in [2.75, 3.05) is 13.1 Å². The van der Waals surface area contributed by atoms with E-state index in [-0.39, 0.29) is 18.1 Å². The molecule has 7 nitrogen and oxygen atoms in total. The highest BCUT2D eigenvalue weighted by molar-refractivity contribution is 5.96. The van der Waals surface area contributed by atoms with E-state index in [4.69, 9.17) is 4.74 Å². The summed E-state index contributed by atoms with van der Waals surface area (Å²) in [6.45, 7) is 1.31. The first kappa shape index (κ1) is 17.2. The third kappa shape index (κ3) is 3.01. The average molecular weight is 377 g/mol. The van der Waals surface area contributed by atoms with Crippen LogP contribution in [0.25, 0.3) is 22.2 Å². The molecular weight excluding hydrogens is 354 g/mol. The average Bonchev–Trinajstić information content (AvgIpc) is 3.28. The van der Waals surface area contributed by atoms with E-state index < -0.39 is 0 Å². The van der Waals surface area contributed by atoms with Crippen LogP contribution in [0.4, 0.5) is 0 Å².